The van der Waals surface area contributed by atoms with Crippen LogP contribution in [0.4, 0.5) is 0 Å². The fraction of sp³-hybridized carbons (Fsp3) is 0.500. The highest BCUT2D eigenvalue weighted by Crippen LogP contribution is 2.21. The van der Waals surface area contributed by atoms with Gasteiger partial charge in [0.25, 0.3) is 0 Å². The fourth-order valence-electron chi connectivity index (χ4n) is 1.07. The number of rotatable bonds is 1. The third kappa shape index (κ3) is 0.661. The molecule has 0 saturated carbocycles. The van der Waals surface area contributed by atoms with Crippen LogP contribution in [-0.4, -0.2) is 28.4 Å². The number of aromatic nitrogens is 2. The molecule has 1 aromatic heterocycles. The van der Waals surface area contributed by atoms with Crippen LogP contribution in [0.1, 0.15) is 5.69 Å². The summed E-state index contributed by atoms with van der Waals surface area (Å²) in [5.74, 6) is 0. The lowest BCUT2D eigenvalue weighted by Crippen LogP contribution is -2.56. The second kappa shape index (κ2) is 1.81. The second-order valence-electron chi connectivity index (χ2n) is 2.61. The molecule has 4 nitrogen and oxygen atoms in total. The zero-order valence-corrected chi connectivity index (χ0v) is 5.46. The number of β-amino-alcohol motifs (C(OH)–C–C–N with tert-alkyl or cyclic N) is 1. The molecule has 1 aliphatic heterocycles. The van der Waals surface area contributed by atoms with Gasteiger partial charge in [-0.1, -0.05) is 0 Å². The lowest BCUT2D eigenvalue weighted by atomic mass is 9.93. The van der Waals surface area contributed by atoms with Crippen molar-refractivity contribution in [2.75, 3.05) is 13.1 Å². The monoisotopic (exact) mass is 139 g/mol. The molecule has 1 aliphatic rings. The van der Waals surface area contributed by atoms with Gasteiger partial charge >= 0.3 is 0 Å². The summed E-state index contributed by atoms with van der Waals surface area (Å²) in [4.78, 5) is 0. The molecule has 3 N–H and O–H groups in total. The summed E-state index contributed by atoms with van der Waals surface area (Å²) in [6, 6.07) is 1.79. The van der Waals surface area contributed by atoms with Crippen molar-refractivity contribution >= 4 is 0 Å². The number of aliphatic hydroxyl groups is 1. The molecule has 2 heterocycles. The van der Waals surface area contributed by atoms with Gasteiger partial charge in [-0.05, 0) is 6.07 Å². The number of nitrogens with one attached hydrogen (secondary N) is 2. The third-order valence-electron chi connectivity index (χ3n) is 1.84. The maximum atomic E-state index is 9.64. The average Bonchev–Trinajstić information content (AvgIpc) is 2.33. The van der Waals surface area contributed by atoms with E-state index in [9.17, 15) is 5.11 Å². The first-order valence-electron chi connectivity index (χ1n) is 3.24. The van der Waals surface area contributed by atoms with Crippen LogP contribution in [0.3, 0.4) is 0 Å². The van der Waals surface area contributed by atoms with E-state index in [1.165, 1.54) is 0 Å². The van der Waals surface area contributed by atoms with Crippen LogP contribution in [0.15, 0.2) is 12.3 Å². The molecular formula is C6H9N3O. The SMILES string of the molecule is OC1(c2ccn[nH]2)CNC1. The van der Waals surface area contributed by atoms with Crippen molar-refractivity contribution in [2.24, 2.45) is 0 Å². The van der Waals surface area contributed by atoms with Crippen molar-refractivity contribution in [2.45, 2.75) is 5.60 Å². The van der Waals surface area contributed by atoms with Crippen LogP contribution in [-0.2, 0) is 5.60 Å². The van der Waals surface area contributed by atoms with E-state index in [1.54, 1.807) is 12.3 Å². The van der Waals surface area contributed by atoms with Crippen molar-refractivity contribution in [3.8, 4) is 0 Å². The molecule has 1 saturated heterocycles. The third-order valence-corrected chi connectivity index (χ3v) is 1.84. The van der Waals surface area contributed by atoms with Crippen LogP contribution in [0, 0.1) is 0 Å². The quantitative estimate of drug-likeness (QED) is 0.477. The van der Waals surface area contributed by atoms with Crippen molar-refractivity contribution in [3.63, 3.8) is 0 Å². The zero-order chi connectivity index (χ0) is 7.03. The van der Waals surface area contributed by atoms with Crippen molar-refractivity contribution in [1.82, 2.24) is 15.5 Å². The standard InChI is InChI=1S/C6H9N3O/c10-6(3-7-4-6)5-1-2-8-9-5/h1-2,7,10H,3-4H2,(H,8,9). The smallest absolute Gasteiger partial charge is 0.131 e. The normalized spacial score (nSPS) is 22.1. The molecule has 1 fully saturated rings. The molecule has 2 rings (SSSR count). The van der Waals surface area contributed by atoms with E-state index in [0.29, 0.717) is 13.1 Å². The molecular weight excluding hydrogens is 130 g/mol. The first-order chi connectivity index (χ1) is 4.81. The molecule has 0 atom stereocenters. The summed E-state index contributed by atoms with van der Waals surface area (Å²) in [7, 11) is 0. The molecule has 0 unspecified atom stereocenters. The lowest BCUT2D eigenvalue weighted by Gasteiger charge is -2.36. The Morgan fingerprint density at radius 2 is 2.40 bits per heavy atom. The maximum absolute atomic E-state index is 9.64. The fourth-order valence-corrected chi connectivity index (χ4v) is 1.07. The van der Waals surface area contributed by atoms with Gasteiger partial charge in [0.05, 0.1) is 5.69 Å². The Bertz CT molecular complexity index is 215. The summed E-state index contributed by atoms with van der Waals surface area (Å²) in [5.41, 5.74) is 0.113. The number of hydrogen-bond donors (Lipinski definition) is 3. The molecule has 0 spiro atoms. The van der Waals surface area contributed by atoms with E-state index < -0.39 is 5.60 Å². The molecule has 0 aromatic carbocycles. The number of hydrogen-bond acceptors (Lipinski definition) is 3. The maximum Gasteiger partial charge on any atom is 0.131 e. The van der Waals surface area contributed by atoms with Crippen LogP contribution in [0.5, 0.6) is 0 Å². The van der Waals surface area contributed by atoms with E-state index in [2.05, 4.69) is 15.5 Å². The predicted molar refractivity (Wildman–Crippen MR) is 35.4 cm³/mol. The topological polar surface area (TPSA) is 60.9 Å². The van der Waals surface area contributed by atoms with Gasteiger partial charge in [-0.25, -0.2) is 0 Å². The van der Waals surface area contributed by atoms with E-state index >= 15 is 0 Å². The van der Waals surface area contributed by atoms with Gasteiger partial charge in [-0.15, -0.1) is 0 Å². The molecule has 0 aliphatic carbocycles. The zero-order valence-electron chi connectivity index (χ0n) is 5.46. The molecule has 10 heavy (non-hydrogen) atoms. The predicted octanol–water partition coefficient (Wildman–Crippen LogP) is -0.800. The van der Waals surface area contributed by atoms with Gasteiger partial charge in [0, 0.05) is 19.3 Å². The highest BCUT2D eigenvalue weighted by Gasteiger charge is 2.37. The van der Waals surface area contributed by atoms with Gasteiger partial charge in [0.1, 0.15) is 5.60 Å². The van der Waals surface area contributed by atoms with Gasteiger partial charge < -0.3 is 10.4 Å². The van der Waals surface area contributed by atoms with E-state index in [-0.39, 0.29) is 0 Å². The largest absolute Gasteiger partial charge is 0.381 e. The molecule has 0 amide bonds. The van der Waals surface area contributed by atoms with Gasteiger partial charge in [-0.2, -0.15) is 5.10 Å². The van der Waals surface area contributed by atoms with Gasteiger partial charge in [-0.3, -0.25) is 5.10 Å². The number of H-pyrrole nitrogens is 1. The Labute approximate surface area is 58.3 Å². The first-order valence-corrected chi connectivity index (χ1v) is 3.24. The Kier molecular flexibility index (Phi) is 1.06. The van der Waals surface area contributed by atoms with E-state index in [0.717, 1.165) is 5.69 Å². The minimum Gasteiger partial charge on any atom is -0.381 e. The summed E-state index contributed by atoms with van der Waals surface area (Å²) >= 11 is 0. The van der Waals surface area contributed by atoms with Crippen molar-refractivity contribution in [3.05, 3.63) is 18.0 Å². The highest BCUT2D eigenvalue weighted by atomic mass is 16.3. The Morgan fingerprint density at radius 1 is 1.60 bits per heavy atom. The van der Waals surface area contributed by atoms with Gasteiger partial charge in [0.2, 0.25) is 0 Å². The number of aromatic amines is 1. The lowest BCUT2D eigenvalue weighted by molar-refractivity contribution is -0.0186. The second-order valence-corrected chi connectivity index (χ2v) is 2.61. The summed E-state index contributed by atoms with van der Waals surface area (Å²) < 4.78 is 0. The van der Waals surface area contributed by atoms with Crippen LogP contribution >= 0.6 is 0 Å². The summed E-state index contributed by atoms with van der Waals surface area (Å²) in [6.45, 7) is 1.24. The van der Waals surface area contributed by atoms with Gasteiger partial charge in [0.15, 0.2) is 0 Å². The number of nitrogens with zero attached hydrogens (tertiary/aromatic N) is 1. The molecule has 1 aromatic rings. The van der Waals surface area contributed by atoms with E-state index in [1.807, 2.05) is 0 Å². The summed E-state index contributed by atoms with van der Waals surface area (Å²) in [5, 5.41) is 19.1. The Balaban J connectivity index is 2.27. The molecule has 54 valence electrons. The van der Waals surface area contributed by atoms with Crippen molar-refractivity contribution in [1.29, 1.82) is 0 Å². The van der Waals surface area contributed by atoms with Crippen LogP contribution in [0.25, 0.3) is 0 Å². The van der Waals surface area contributed by atoms with E-state index in [4.69, 9.17) is 0 Å². The Hall–Kier alpha value is -0.870. The Morgan fingerprint density at radius 3 is 2.80 bits per heavy atom. The van der Waals surface area contributed by atoms with Crippen LogP contribution in [0.2, 0.25) is 0 Å². The summed E-state index contributed by atoms with van der Waals surface area (Å²) in [6.07, 6.45) is 1.64. The molecule has 4 heteroatoms. The van der Waals surface area contributed by atoms with Crippen molar-refractivity contribution < 1.29 is 5.11 Å². The minimum absolute atomic E-state index is 0.620. The highest BCUT2D eigenvalue weighted by molar-refractivity contribution is 5.15. The molecule has 0 radical (unpaired) electrons. The first kappa shape index (κ1) is 5.88. The average molecular weight is 139 g/mol. The minimum atomic E-state index is -0.684. The molecule has 0 bridgehead atoms. The van der Waals surface area contributed by atoms with Crippen LogP contribution < -0.4 is 5.32 Å².